The molecule has 0 atom stereocenters. The number of hydrogen-bond acceptors (Lipinski definition) is 6. The van der Waals surface area contributed by atoms with E-state index in [1.165, 1.54) is 36.5 Å². The molecule has 0 bridgehead atoms. The maximum atomic E-state index is 10.6. The number of nitrogen functional groups attached to an aromatic ring is 2. The lowest BCUT2D eigenvalue weighted by atomic mass is 10.2. The Labute approximate surface area is 136 Å². The molecule has 0 aliphatic rings. The summed E-state index contributed by atoms with van der Waals surface area (Å²) in [6, 6.07) is 8.88. The van der Waals surface area contributed by atoms with Crippen molar-refractivity contribution in [3.63, 3.8) is 0 Å². The van der Waals surface area contributed by atoms with Crippen molar-refractivity contribution in [1.29, 1.82) is 0 Å². The first-order valence-corrected chi connectivity index (χ1v) is 6.71. The summed E-state index contributed by atoms with van der Waals surface area (Å²) in [7, 11) is 0. The van der Waals surface area contributed by atoms with E-state index in [1.807, 2.05) is 0 Å². The lowest BCUT2D eigenvalue weighted by Crippen LogP contribution is -2.00. The molecule has 0 radical (unpaired) electrons. The van der Waals surface area contributed by atoms with Crippen molar-refractivity contribution in [2.24, 2.45) is 0 Å². The molecule has 0 unspecified atom stereocenters. The van der Waals surface area contributed by atoms with Crippen molar-refractivity contribution in [2.45, 2.75) is 0 Å². The van der Waals surface area contributed by atoms with Gasteiger partial charge in [-0.3, -0.25) is 9.97 Å². The number of carboxylic acid groups (broad SMARTS) is 2. The van der Waals surface area contributed by atoms with Crippen LogP contribution in [0.5, 0.6) is 0 Å². The second-order valence-electron chi connectivity index (χ2n) is 4.71. The Morgan fingerprint density at radius 2 is 1.29 bits per heavy atom. The molecule has 0 saturated heterocycles. The SMILES string of the molecule is Nc1ccc(C(=O)O)cc1N.O=C(O)c1ccc2nccnc2c1. The van der Waals surface area contributed by atoms with Crippen molar-refractivity contribution in [3.05, 3.63) is 59.9 Å². The Bertz CT molecular complexity index is 911. The molecule has 6 N–H and O–H groups in total. The summed E-state index contributed by atoms with van der Waals surface area (Å²) in [5, 5.41) is 17.2. The number of hydrogen-bond donors (Lipinski definition) is 4. The normalized spacial score (nSPS) is 9.83. The number of aromatic nitrogens is 2. The third-order valence-corrected chi connectivity index (χ3v) is 3.05. The summed E-state index contributed by atoms with van der Waals surface area (Å²) in [6.45, 7) is 0. The second kappa shape index (κ2) is 7.05. The number of fused-ring (bicyclic) bond motifs is 1. The molecule has 0 aliphatic heterocycles. The van der Waals surface area contributed by atoms with Gasteiger partial charge in [0.05, 0.1) is 33.5 Å². The third kappa shape index (κ3) is 3.95. The fourth-order valence-electron chi connectivity index (χ4n) is 1.80. The smallest absolute Gasteiger partial charge is 0.335 e. The Balaban J connectivity index is 0.000000177. The minimum atomic E-state index is -1.00. The molecule has 1 aromatic heterocycles. The van der Waals surface area contributed by atoms with Crippen LogP contribution in [0.15, 0.2) is 48.8 Å². The van der Waals surface area contributed by atoms with Crippen molar-refractivity contribution in [3.8, 4) is 0 Å². The quantitative estimate of drug-likeness (QED) is 0.521. The molecule has 122 valence electrons. The van der Waals surface area contributed by atoms with Gasteiger partial charge in [-0.1, -0.05) is 0 Å². The number of carbonyl (C=O) groups is 2. The van der Waals surface area contributed by atoms with Crippen LogP contribution in [0.1, 0.15) is 20.7 Å². The highest BCUT2D eigenvalue weighted by Crippen LogP contribution is 2.15. The fourth-order valence-corrected chi connectivity index (χ4v) is 1.80. The predicted molar refractivity (Wildman–Crippen MR) is 88.7 cm³/mol. The zero-order valence-electron chi connectivity index (χ0n) is 12.4. The highest BCUT2D eigenvalue weighted by molar-refractivity contribution is 5.92. The summed E-state index contributed by atoms with van der Waals surface area (Å²) < 4.78 is 0. The molecular formula is C16H14N4O4. The number of nitrogens with zero attached hydrogens (tertiary/aromatic N) is 2. The van der Waals surface area contributed by atoms with Gasteiger partial charge in [-0.15, -0.1) is 0 Å². The van der Waals surface area contributed by atoms with E-state index in [9.17, 15) is 9.59 Å². The maximum absolute atomic E-state index is 10.6. The molecule has 2 aromatic carbocycles. The molecule has 0 aliphatic carbocycles. The Kier molecular flexibility index (Phi) is 4.90. The van der Waals surface area contributed by atoms with Gasteiger partial charge in [-0.25, -0.2) is 9.59 Å². The maximum Gasteiger partial charge on any atom is 0.335 e. The summed E-state index contributed by atoms with van der Waals surface area (Å²) in [4.78, 5) is 29.0. The van der Waals surface area contributed by atoms with Crippen LogP contribution in [0.2, 0.25) is 0 Å². The summed E-state index contributed by atoms with van der Waals surface area (Å²) in [5.74, 6) is -1.95. The van der Waals surface area contributed by atoms with Gasteiger partial charge in [0.15, 0.2) is 0 Å². The summed E-state index contributed by atoms with van der Waals surface area (Å²) in [6.07, 6.45) is 3.11. The van der Waals surface area contributed by atoms with Crippen LogP contribution >= 0.6 is 0 Å². The number of rotatable bonds is 2. The lowest BCUT2D eigenvalue weighted by Gasteiger charge is -1.99. The second-order valence-corrected chi connectivity index (χ2v) is 4.71. The molecule has 0 fully saturated rings. The lowest BCUT2D eigenvalue weighted by molar-refractivity contribution is 0.0686. The highest BCUT2D eigenvalue weighted by Gasteiger charge is 2.04. The van der Waals surface area contributed by atoms with Gasteiger partial charge in [0.2, 0.25) is 0 Å². The van der Waals surface area contributed by atoms with E-state index >= 15 is 0 Å². The van der Waals surface area contributed by atoms with E-state index < -0.39 is 11.9 Å². The molecule has 8 heteroatoms. The van der Waals surface area contributed by atoms with Crippen LogP contribution in [-0.2, 0) is 0 Å². The van der Waals surface area contributed by atoms with Crippen molar-refractivity contribution in [2.75, 3.05) is 11.5 Å². The standard InChI is InChI=1S/C9H6N2O2.C7H8N2O2/c12-9(13)6-1-2-7-8(5-6)11-4-3-10-7;8-5-2-1-4(7(10)11)3-6(5)9/h1-5H,(H,12,13);1-3H,8-9H2,(H,10,11). The predicted octanol–water partition coefficient (Wildman–Crippen LogP) is 1.88. The fraction of sp³-hybridized carbons (Fsp3) is 0. The third-order valence-electron chi connectivity index (χ3n) is 3.05. The first-order chi connectivity index (χ1) is 11.4. The molecule has 1 heterocycles. The molecule has 0 spiro atoms. The average molecular weight is 326 g/mol. The number of aromatic carboxylic acids is 2. The van der Waals surface area contributed by atoms with Gasteiger partial charge in [-0.2, -0.15) is 0 Å². The molecule has 0 amide bonds. The van der Waals surface area contributed by atoms with Gasteiger partial charge in [-0.05, 0) is 36.4 Å². The minimum absolute atomic E-state index is 0.150. The molecule has 3 rings (SSSR count). The summed E-state index contributed by atoms with van der Waals surface area (Å²) >= 11 is 0. The van der Waals surface area contributed by atoms with Crippen LogP contribution in [0.25, 0.3) is 11.0 Å². The Hall–Kier alpha value is -3.68. The van der Waals surface area contributed by atoms with Gasteiger partial charge < -0.3 is 21.7 Å². The minimum Gasteiger partial charge on any atom is -0.478 e. The molecule has 8 nitrogen and oxygen atoms in total. The van der Waals surface area contributed by atoms with E-state index in [0.29, 0.717) is 22.4 Å². The van der Waals surface area contributed by atoms with Crippen LogP contribution in [0, 0.1) is 0 Å². The Morgan fingerprint density at radius 3 is 1.88 bits per heavy atom. The average Bonchev–Trinajstić information content (AvgIpc) is 2.57. The number of carboxylic acids is 2. The number of anilines is 2. The van der Waals surface area contributed by atoms with E-state index in [0.717, 1.165) is 0 Å². The topological polar surface area (TPSA) is 152 Å². The summed E-state index contributed by atoms with van der Waals surface area (Å²) in [5.41, 5.74) is 13.1. The van der Waals surface area contributed by atoms with Gasteiger partial charge in [0.25, 0.3) is 0 Å². The van der Waals surface area contributed by atoms with Crippen molar-refractivity contribution in [1.82, 2.24) is 9.97 Å². The molecule has 0 saturated carbocycles. The van der Waals surface area contributed by atoms with Crippen molar-refractivity contribution < 1.29 is 19.8 Å². The Morgan fingerprint density at radius 1 is 0.750 bits per heavy atom. The van der Waals surface area contributed by atoms with Gasteiger partial charge in [0, 0.05) is 12.4 Å². The van der Waals surface area contributed by atoms with E-state index in [1.54, 1.807) is 12.3 Å². The van der Waals surface area contributed by atoms with E-state index in [4.69, 9.17) is 21.7 Å². The van der Waals surface area contributed by atoms with Crippen LogP contribution in [-0.4, -0.2) is 32.1 Å². The van der Waals surface area contributed by atoms with Crippen LogP contribution < -0.4 is 11.5 Å². The zero-order valence-corrected chi connectivity index (χ0v) is 12.4. The van der Waals surface area contributed by atoms with Crippen LogP contribution in [0.4, 0.5) is 11.4 Å². The van der Waals surface area contributed by atoms with E-state index in [2.05, 4.69) is 9.97 Å². The monoisotopic (exact) mass is 326 g/mol. The van der Waals surface area contributed by atoms with E-state index in [-0.39, 0.29) is 11.1 Å². The van der Waals surface area contributed by atoms with Crippen LogP contribution in [0.3, 0.4) is 0 Å². The number of nitrogens with two attached hydrogens (primary N) is 2. The van der Waals surface area contributed by atoms with Crippen molar-refractivity contribution >= 4 is 34.3 Å². The largest absolute Gasteiger partial charge is 0.478 e. The van der Waals surface area contributed by atoms with Gasteiger partial charge >= 0.3 is 11.9 Å². The first kappa shape index (κ1) is 16.7. The molecule has 24 heavy (non-hydrogen) atoms. The van der Waals surface area contributed by atoms with Gasteiger partial charge in [0.1, 0.15) is 0 Å². The first-order valence-electron chi connectivity index (χ1n) is 6.71. The number of benzene rings is 2. The molecule has 3 aromatic rings. The zero-order chi connectivity index (χ0) is 17.7. The highest BCUT2D eigenvalue weighted by atomic mass is 16.4. The molecular weight excluding hydrogens is 312 g/mol.